The van der Waals surface area contributed by atoms with E-state index in [1.165, 1.54) is 0 Å². The van der Waals surface area contributed by atoms with Crippen LogP contribution in [0.3, 0.4) is 0 Å². The summed E-state index contributed by atoms with van der Waals surface area (Å²) in [6.07, 6.45) is 2.21. The highest BCUT2D eigenvalue weighted by molar-refractivity contribution is 5.89. The highest BCUT2D eigenvalue weighted by Gasteiger charge is 2.50. The Morgan fingerprint density at radius 2 is 1.88 bits per heavy atom. The third-order valence-electron chi connectivity index (χ3n) is 3.51. The summed E-state index contributed by atoms with van der Waals surface area (Å²) in [7, 11) is 1.77. The Kier molecular flexibility index (Phi) is 3.14. The third kappa shape index (κ3) is 2.19. The van der Waals surface area contributed by atoms with E-state index in [1.54, 1.807) is 11.9 Å². The van der Waals surface area contributed by atoms with E-state index in [1.807, 2.05) is 0 Å². The summed E-state index contributed by atoms with van der Waals surface area (Å²) >= 11 is 0. The fourth-order valence-electron chi connectivity index (χ4n) is 2.25. The summed E-state index contributed by atoms with van der Waals surface area (Å²) in [6.45, 7) is 1.38. The highest BCUT2D eigenvalue weighted by atomic mass is 16.5. The predicted molar refractivity (Wildman–Crippen MR) is 55.8 cm³/mol. The lowest BCUT2D eigenvalue weighted by Crippen LogP contribution is -2.41. The number of aliphatic carboxylic acids is 1. The molecule has 90 valence electrons. The van der Waals surface area contributed by atoms with Crippen molar-refractivity contribution in [3.05, 3.63) is 0 Å². The van der Waals surface area contributed by atoms with E-state index >= 15 is 0 Å². The van der Waals surface area contributed by atoms with Crippen LogP contribution in [0.1, 0.15) is 19.3 Å². The van der Waals surface area contributed by atoms with E-state index in [4.69, 9.17) is 9.84 Å². The molecule has 0 radical (unpaired) electrons. The lowest BCUT2D eigenvalue weighted by Gasteiger charge is -2.31. The van der Waals surface area contributed by atoms with Crippen LogP contribution in [0.25, 0.3) is 0 Å². The van der Waals surface area contributed by atoms with E-state index in [9.17, 15) is 9.59 Å². The number of rotatable bonds is 3. The van der Waals surface area contributed by atoms with Crippen molar-refractivity contribution in [1.29, 1.82) is 0 Å². The molecule has 2 rings (SSSR count). The van der Waals surface area contributed by atoms with Gasteiger partial charge in [0.25, 0.3) is 0 Å². The summed E-state index contributed by atoms with van der Waals surface area (Å²) in [6, 6.07) is 0.219. The molecule has 0 aromatic rings. The molecule has 5 heteroatoms. The molecule has 1 aliphatic heterocycles. The fraction of sp³-hybridized carbons (Fsp3) is 0.818. The van der Waals surface area contributed by atoms with E-state index < -0.39 is 11.9 Å². The van der Waals surface area contributed by atoms with Crippen molar-refractivity contribution in [1.82, 2.24) is 4.90 Å². The van der Waals surface area contributed by atoms with Gasteiger partial charge in [-0.2, -0.15) is 0 Å². The van der Waals surface area contributed by atoms with Crippen LogP contribution in [0, 0.1) is 11.8 Å². The summed E-state index contributed by atoms with van der Waals surface area (Å²) < 4.78 is 5.23. The zero-order chi connectivity index (χ0) is 11.7. The van der Waals surface area contributed by atoms with Gasteiger partial charge in [0.2, 0.25) is 5.91 Å². The topological polar surface area (TPSA) is 66.8 Å². The Morgan fingerprint density at radius 1 is 1.25 bits per heavy atom. The van der Waals surface area contributed by atoms with Crippen molar-refractivity contribution in [2.45, 2.75) is 25.3 Å². The van der Waals surface area contributed by atoms with Crippen LogP contribution < -0.4 is 0 Å². The fourth-order valence-corrected chi connectivity index (χ4v) is 2.25. The van der Waals surface area contributed by atoms with Crippen molar-refractivity contribution >= 4 is 11.9 Å². The van der Waals surface area contributed by atoms with Crippen molar-refractivity contribution in [3.63, 3.8) is 0 Å². The molecule has 16 heavy (non-hydrogen) atoms. The molecule has 1 heterocycles. The number of carboxylic acids is 1. The maximum Gasteiger partial charge on any atom is 0.307 e. The average molecular weight is 227 g/mol. The van der Waals surface area contributed by atoms with Gasteiger partial charge >= 0.3 is 5.97 Å². The summed E-state index contributed by atoms with van der Waals surface area (Å²) in [5.74, 6) is -1.60. The second-order valence-corrected chi connectivity index (χ2v) is 4.58. The second kappa shape index (κ2) is 4.41. The first-order valence-electron chi connectivity index (χ1n) is 5.68. The Bertz CT molecular complexity index is 298. The first-order valence-corrected chi connectivity index (χ1v) is 5.68. The number of amides is 1. The number of hydrogen-bond donors (Lipinski definition) is 1. The van der Waals surface area contributed by atoms with Gasteiger partial charge in [-0.3, -0.25) is 9.59 Å². The van der Waals surface area contributed by atoms with Crippen molar-refractivity contribution in [3.8, 4) is 0 Å². The molecule has 0 aromatic heterocycles. The van der Waals surface area contributed by atoms with Gasteiger partial charge in [-0.1, -0.05) is 0 Å². The van der Waals surface area contributed by atoms with Gasteiger partial charge in [-0.05, 0) is 19.3 Å². The predicted octanol–water partition coefficient (Wildman–Crippen LogP) is 0.345. The largest absolute Gasteiger partial charge is 0.481 e. The van der Waals surface area contributed by atoms with Crippen LogP contribution in [-0.2, 0) is 14.3 Å². The van der Waals surface area contributed by atoms with E-state index in [-0.39, 0.29) is 17.9 Å². The normalized spacial score (nSPS) is 29.8. The van der Waals surface area contributed by atoms with Crippen LogP contribution in [0.4, 0.5) is 0 Å². The van der Waals surface area contributed by atoms with Crippen molar-refractivity contribution < 1.29 is 19.4 Å². The first kappa shape index (κ1) is 11.4. The molecule has 1 aliphatic carbocycles. The monoisotopic (exact) mass is 227 g/mol. The molecule has 0 spiro atoms. The molecule has 0 bridgehead atoms. The molecule has 1 N–H and O–H groups in total. The zero-order valence-corrected chi connectivity index (χ0v) is 9.39. The number of nitrogens with zero attached hydrogens (tertiary/aromatic N) is 1. The van der Waals surface area contributed by atoms with Crippen LogP contribution in [0.5, 0.6) is 0 Å². The minimum absolute atomic E-state index is 0.0145. The maximum atomic E-state index is 11.9. The van der Waals surface area contributed by atoms with Gasteiger partial charge in [0.1, 0.15) is 0 Å². The van der Waals surface area contributed by atoms with Crippen molar-refractivity contribution in [2.75, 3.05) is 20.3 Å². The molecule has 1 amide bonds. The van der Waals surface area contributed by atoms with Crippen LogP contribution in [0.2, 0.25) is 0 Å². The van der Waals surface area contributed by atoms with Gasteiger partial charge in [0.05, 0.1) is 11.8 Å². The molecule has 1 saturated carbocycles. The second-order valence-electron chi connectivity index (χ2n) is 4.58. The first-order chi connectivity index (χ1) is 7.61. The Hall–Kier alpha value is -1.10. The molecule has 2 atom stereocenters. The lowest BCUT2D eigenvalue weighted by atomic mass is 10.1. The third-order valence-corrected chi connectivity index (χ3v) is 3.51. The van der Waals surface area contributed by atoms with E-state index in [0.717, 1.165) is 12.8 Å². The Labute approximate surface area is 94.4 Å². The lowest BCUT2D eigenvalue weighted by molar-refractivity contribution is -0.142. The number of carbonyl (C=O) groups excluding carboxylic acids is 1. The smallest absolute Gasteiger partial charge is 0.307 e. The van der Waals surface area contributed by atoms with Gasteiger partial charge in [0.15, 0.2) is 0 Å². The summed E-state index contributed by atoms with van der Waals surface area (Å²) in [5.41, 5.74) is 0. The zero-order valence-electron chi connectivity index (χ0n) is 9.39. The van der Waals surface area contributed by atoms with Crippen molar-refractivity contribution in [2.24, 2.45) is 11.8 Å². The van der Waals surface area contributed by atoms with Gasteiger partial charge < -0.3 is 14.7 Å². The van der Waals surface area contributed by atoms with Gasteiger partial charge in [-0.25, -0.2) is 0 Å². The molecular formula is C11H17NO4. The van der Waals surface area contributed by atoms with Gasteiger partial charge in [-0.15, -0.1) is 0 Å². The van der Waals surface area contributed by atoms with Crippen LogP contribution >= 0.6 is 0 Å². The molecule has 0 aromatic carbocycles. The maximum absolute atomic E-state index is 11.9. The molecule has 2 unspecified atom stereocenters. The molecular weight excluding hydrogens is 210 g/mol. The molecule has 1 saturated heterocycles. The van der Waals surface area contributed by atoms with E-state index in [0.29, 0.717) is 19.6 Å². The SMILES string of the molecule is CN(C(=O)C1CC1C(=O)O)C1CCOCC1. The number of carbonyl (C=O) groups is 2. The summed E-state index contributed by atoms with van der Waals surface area (Å²) in [4.78, 5) is 24.3. The average Bonchev–Trinajstić information content (AvgIpc) is 3.08. The molecule has 2 fully saturated rings. The summed E-state index contributed by atoms with van der Waals surface area (Å²) in [5, 5.41) is 8.77. The minimum atomic E-state index is -0.848. The van der Waals surface area contributed by atoms with E-state index in [2.05, 4.69) is 0 Å². The highest BCUT2D eigenvalue weighted by Crippen LogP contribution is 2.40. The Balaban J connectivity index is 1.87. The molecule has 5 nitrogen and oxygen atoms in total. The standard InChI is InChI=1S/C11H17NO4/c1-12(7-2-4-16-5-3-7)10(13)8-6-9(8)11(14)15/h7-9H,2-6H2,1H3,(H,14,15). The minimum Gasteiger partial charge on any atom is -0.481 e. The number of ether oxygens (including phenoxy) is 1. The van der Waals surface area contributed by atoms with Gasteiger partial charge in [0, 0.05) is 26.3 Å². The Morgan fingerprint density at radius 3 is 2.38 bits per heavy atom. The van der Waals surface area contributed by atoms with Crippen LogP contribution in [-0.4, -0.2) is 48.2 Å². The number of carboxylic acid groups (broad SMARTS) is 1. The quantitative estimate of drug-likeness (QED) is 0.755. The molecule has 2 aliphatic rings. The number of hydrogen-bond acceptors (Lipinski definition) is 3. The van der Waals surface area contributed by atoms with Crippen LogP contribution in [0.15, 0.2) is 0 Å².